The van der Waals surface area contributed by atoms with Gasteiger partial charge >= 0.3 is 0 Å². The smallest absolute Gasteiger partial charge is 0.189 e. The van der Waals surface area contributed by atoms with Gasteiger partial charge in [-0.15, -0.1) is 0 Å². The van der Waals surface area contributed by atoms with E-state index in [1.165, 1.54) is 81.5 Å². The molecular formula is C47H26N2. The van der Waals surface area contributed by atoms with Crippen LogP contribution < -0.4 is 0 Å². The molecule has 2 nitrogen and oxygen atoms in total. The molecule has 0 unspecified atom stereocenters. The van der Waals surface area contributed by atoms with Crippen molar-refractivity contribution in [3.05, 3.63) is 169 Å². The molecule has 1 aromatic heterocycles. The second-order valence-electron chi connectivity index (χ2n) is 13.3. The highest BCUT2D eigenvalue weighted by Crippen LogP contribution is 2.44. The number of benzene rings is 10. The zero-order valence-corrected chi connectivity index (χ0v) is 26.4. The van der Waals surface area contributed by atoms with Crippen molar-refractivity contribution in [2.75, 3.05) is 0 Å². The maximum Gasteiger partial charge on any atom is 0.189 e. The van der Waals surface area contributed by atoms with E-state index in [1.54, 1.807) is 0 Å². The third-order valence-electron chi connectivity index (χ3n) is 10.5. The Kier molecular flexibility index (Phi) is 5.21. The van der Waals surface area contributed by atoms with Crippen LogP contribution in [0.25, 0.3) is 108 Å². The molecule has 49 heavy (non-hydrogen) atoms. The van der Waals surface area contributed by atoms with E-state index in [1.807, 2.05) is 12.1 Å². The zero-order chi connectivity index (χ0) is 32.2. The number of rotatable bonds is 3. The molecule has 0 bridgehead atoms. The lowest BCUT2D eigenvalue weighted by atomic mass is 9.89. The summed E-state index contributed by atoms with van der Waals surface area (Å²) in [4.78, 5) is 3.82. The summed E-state index contributed by atoms with van der Waals surface area (Å²) < 4.78 is 2.33. The van der Waals surface area contributed by atoms with Crippen LogP contribution in [-0.2, 0) is 0 Å². The number of para-hydroxylation sites is 1. The molecule has 11 rings (SSSR count). The van der Waals surface area contributed by atoms with E-state index in [4.69, 9.17) is 6.57 Å². The summed E-state index contributed by atoms with van der Waals surface area (Å²) in [5, 5.41) is 15.0. The van der Waals surface area contributed by atoms with Crippen molar-refractivity contribution in [2.24, 2.45) is 0 Å². The molecule has 0 fully saturated rings. The van der Waals surface area contributed by atoms with Crippen molar-refractivity contribution in [1.29, 1.82) is 0 Å². The average molecular weight is 619 g/mol. The highest BCUT2D eigenvalue weighted by Gasteiger charge is 2.20. The lowest BCUT2D eigenvalue weighted by molar-refractivity contribution is 1.18. The van der Waals surface area contributed by atoms with E-state index in [2.05, 4.69) is 155 Å². The first kappa shape index (κ1) is 26.4. The minimum absolute atomic E-state index is 0.659. The topological polar surface area (TPSA) is 9.29 Å². The molecule has 224 valence electrons. The van der Waals surface area contributed by atoms with Gasteiger partial charge in [0.05, 0.1) is 12.1 Å². The Morgan fingerprint density at radius 2 is 0.796 bits per heavy atom. The number of nitrogens with zero attached hydrogens (tertiary/aromatic N) is 2. The van der Waals surface area contributed by atoms with Crippen molar-refractivity contribution < 1.29 is 0 Å². The second kappa shape index (κ2) is 9.67. The van der Waals surface area contributed by atoms with Crippen LogP contribution in [-0.4, -0.2) is 4.57 Å². The molecule has 0 saturated heterocycles. The van der Waals surface area contributed by atoms with Crippen molar-refractivity contribution in [1.82, 2.24) is 4.57 Å². The zero-order valence-electron chi connectivity index (χ0n) is 26.4. The van der Waals surface area contributed by atoms with E-state index in [-0.39, 0.29) is 0 Å². The van der Waals surface area contributed by atoms with Crippen LogP contribution in [0.4, 0.5) is 5.69 Å². The van der Waals surface area contributed by atoms with Crippen molar-refractivity contribution in [3.8, 4) is 27.9 Å². The van der Waals surface area contributed by atoms with Gasteiger partial charge in [0.1, 0.15) is 0 Å². The fourth-order valence-electron chi connectivity index (χ4n) is 8.38. The predicted octanol–water partition coefficient (Wildman–Crippen LogP) is 13.3. The summed E-state index contributed by atoms with van der Waals surface area (Å²) in [6.07, 6.45) is 0. The van der Waals surface area contributed by atoms with Crippen molar-refractivity contribution in [3.63, 3.8) is 0 Å². The summed E-state index contributed by atoms with van der Waals surface area (Å²) >= 11 is 0. The Labute approximate surface area is 282 Å². The molecule has 11 aromatic rings. The molecule has 0 radical (unpaired) electrons. The van der Waals surface area contributed by atoms with Gasteiger partial charge in [-0.05, 0) is 143 Å². The van der Waals surface area contributed by atoms with Gasteiger partial charge in [0.2, 0.25) is 0 Å². The minimum Gasteiger partial charge on any atom is -0.310 e. The van der Waals surface area contributed by atoms with Crippen LogP contribution in [0.1, 0.15) is 0 Å². The summed E-state index contributed by atoms with van der Waals surface area (Å²) in [6.45, 7) is 7.78. The Morgan fingerprint density at radius 1 is 0.347 bits per heavy atom. The number of hydrogen-bond acceptors (Lipinski definition) is 0. The predicted molar refractivity (Wildman–Crippen MR) is 208 cm³/mol. The SMILES string of the molecule is [C-]#[N+]c1cc2ccc3cc(-c4cc5ccc6cc(-c7ccc8ccccc8c7)cc7ccc(c4)c5c67)cc4c3c2c(c1)n4-c1ccccc1. The third-order valence-corrected chi connectivity index (χ3v) is 10.5. The lowest BCUT2D eigenvalue weighted by Crippen LogP contribution is -1.93. The summed E-state index contributed by atoms with van der Waals surface area (Å²) in [6, 6.07) is 57.5. The molecule has 10 aromatic carbocycles. The van der Waals surface area contributed by atoms with E-state index in [9.17, 15) is 0 Å². The van der Waals surface area contributed by atoms with Gasteiger partial charge in [-0.25, -0.2) is 4.85 Å². The van der Waals surface area contributed by atoms with Crippen LogP contribution in [0.2, 0.25) is 0 Å². The molecule has 0 amide bonds. The maximum atomic E-state index is 7.78. The second-order valence-corrected chi connectivity index (χ2v) is 13.3. The largest absolute Gasteiger partial charge is 0.310 e. The Morgan fingerprint density at radius 3 is 1.41 bits per heavy atom. The monoisotopic (exact) mass is 618 g/mol. The summed E-state index contributed by atoms with van der Waals surface area (Å²) in [5.74, 6) is 0. The molecule has 0 saturated carbocycles. The highest BCUT2D eigenvalue weighted by atomic mass is 15.0. The molecule has 1 heterocycles. The van der Waals surface area contributed by atoms with Crippen LogP contribution in [0.15, 0.2) is 158 Å². The number of fused-ring (bicyclic) bond motifs is 1. The van der Waals surface area contributed by atoms with Gasteiger partial charge in [0.25, 0.3) is 0 Å². The summed E-state index contributed by atoms with van der Waals surface area (Å²) in [7, 11) is 0. The van der Waals surface area contributed by atoms with Crippen LogP contribution in [0, 0.1) is 6.57 Å². The molecular weight excluding hydrogens is 593 g/mol. The van der Waals surface area contributed by atoms with E-state index in [0.717, 1.165) is 22.1 Å². The summed E-state index contributed by atoms with van der Waals surface area (Å²) in [5.41, 5.74) is 8.86. The van der Waals surface area contributed by atoms with Crippen LogP contribution >= 0.6 is 0 Å². The van der Waals surface area contributed by atoms with Gasteiger partial charge < -0.3 is 4.57 Å². The molecule has 0 spiro atoms. The first-order valence-corrected chi connectivity index (χ1v) is 16.7. The minimum atomic E-state index is 0.659. The quantitative estimate of drug-likeness (QED) is 0.138. The number of hydrogen-bond donors (Lipinski definition) is 0. The van der Waals surface area contributed by atoms with Crippen molar-refractivity contribution >= 4 is 81.4 Å². The van der Waals surface area contributed by atoms with Gasteiger partial charge in [-0.2, -0.15) is 0 Å². The Hall–Kier alpha value is -6.69. The van der Waals surface area contributed by atoms with Gasteiger partial charge in [-0.3, -0.25) is 0 Å². The lowest BCUT2D eigenvalue weighted by Gasteiger charge is -2.15. The molecule has 0 N–H and O–H groups in total. The normalized spacial score (nSPS) is 12.1. The Balaban J connectivity index is 1.12. The van der Waals surface area contributed by atoms with Gasteiger partial charge in [0.15, 0.2) is 5.69 Å². The van der Waals surface area contributed by atoms with Gasteiger partial charge in [-0.1, -0.05) is 91.0 Å². The average Bonchev–Trinajstić information content (AvgIpc) is 3.50. The molecule has 0 atom stereocenters. The highest BCUT2D eigenvalue weighted by molar-refractivity contribution is 6.27. The number of aromatic nitrogens is 1. The maximum absolute atomic E-state index is 7.78. The van der Waals surface area contributed by atoms with Crippen LogP contribution in [0.3, 0.4) is 0 Å². The van der Waals surface area contributed by atoms with E-state index < -0.39 is 0 Å². The first-order valence-electron chi connectivity index (χ1n) is 16.7. The molecule has 0 aliphatic heterocycles. The first-order chi connectivity index (χ1) is 24.2. The third kappa shape index (κ3) is 3.76. The fraction of sp³-hybridized carbons (Fsp3) is 0. The van der Waals surface area contributed by atoms with Crippen LogP contribution in [0.5, 0.6) is 0 Å². The molecule has 0 aliphatic rings. The standard InChI is InChI=1S/C47H26N2/c1-48-40-25-36-18-17-35-24-39(26-42-46(35)47(36)43(27-40)49(42)41-9-3-2-4-10-41)38-22-33-15-13-31-20-37(21-32-14-16-34(23-38)45(33)44(31)32)30-12-11-28-7-5-6-8-29(28)19-30/h2-27H. The van der Waals surface area contributed by atoms with Gasteiger partial charge in [0, 0.05) is 22.0 Å². The van der Waals surface area contributed by atoms with Crippen molar-refractivity contribution in [2.45, 2.75) is 0 Å². The molecule has 2 heteroatoms. The fourth-order valence-corrected chi connectivity index (χ4v) is 8.38. The molecule has 0 aliphatic carbocycles. The van der Waals surface area contributed by atoms with E-state index in [0.29, 0.717) is 5.69 Å². The van der Waals surface area contributed by atoms with E-state index >= 15 is 0 Å². The Bertz CT molecular complexity index is 3090.